The second kappa shape index (κ2) is 9.33. The lowest BCUT2D eigenvalue weighted by Gasteiger charge is -2.30. The topological polar surface area (TPSA) is 84.6 Å². The highest BCUT2D eigenvalue weighted by atomic mass is 28.4. The first kappa shape index (κ1) is 18.3. The van der Waals surface area contributed by atoms with Gasteiger partial charge >= 0.3 is 8.80 Å². The Hall–Kier alpha value is -0.713. The van der Waals surface area contributed by atoms with E-state index in [4.69, 9.17) is 19.1 Å². The van der Waals surface area contributed by atoms with Gasteiger partial charge in [0.15, 0.2) is 5.84 Å². The summed E-state index contributed by atoms with van der Waals surface area (Å²) in [7, 11) is -2.57. The summed E-state index contributed by atoms with van der Waals surface area (Å²) in [4.78, 5) is 0. The van der Waals surface area contributed by atoms with Crippen LogP contribution in [0.2, 0.25) is 6.04 Å². The number of rotatable bonds is 11. The molecule has 0 saturated heterocycles. The maximum atomic E-state index is 5.94. The normalized spacial score (nSPS) is 16.2. The molecule has 21 heavy (non-hydrogen) atoms. The molecule has 1 aliphatic heterocycles. The first-order valence-corrected chi connectivity index (χ1v) is 9.61. The average molecular weight is 319 g/mol. The molecule has 0 spiro atoms. The molecule has 8 nitrogen and oxygen atoms in total. The zero-order valence-electron chi connectivity index (χ0n) is 13.6. The van der Waals surface area contributed by atoms with Crippen molar-refractivity contribution in [2.45, 2.75) is 46.6 Å². The lowest BCUT2D eigenvalue weighted by atomic mass is 10.4. The van der Waals surface area contributed by atoms with Crippen LogP contribution in [0.3, 0.4) is 0 Å². The fraction of sp³-hybridized carbons (Fsp3) is 0.917. The predicted octanol–water partition coefficient (Wildman–Crippen LogP) is 1.06. The molecule has 0 saturated carbocycles. The van der Waals surface area contributed by atoms with Gasteiger partial charge in [-0.2, -0.15) is 0 Å². The van der Waals surface area contributed by atoms with E-state index in [9.17, 15) is 0 Å². The summed E-state index contributed by atoms with van der Waals surface area (Å²) in [6.45, 7) is 10.4. The maximum absolute atomic E-state index is 5.94. The van der Waals surface area contributed by atoms with Crippen LogP contribution in [0.5, 0.6) is 0 Å². The average Bonchev–Trinajstić information content (AvgIpc) is 2.80. The fourth-order valence-electron chi connectivity index (χ4n) is 2.20. The maximum Gasteiger partial charge on any atom is 0.500 e. The molecular weight excluding hydrogens is 290 g/mol. The smallest absolute Gasteiger partial charge is 0.374 e. The molecule has 0 bridgehead atoms. The molecular formula is C12H29N5O3Si. The van der Waals surface area contributed by atoms with E-state index in [0.29, 0.717) is 26.4 Å². The third kappa shape index (κ3) is 5.20. The van der Waals surface area contributed by atoms with E-state index >= 15 is 0 Å². The van der Waals surface area contributed by atoms with Gasteiger partial charge in [0.1, 0.15) is 0 Å². The van der Waals surface area contributed by atoms with Gasteiger partial charge in [0.05, 0.1) is 0 Å². The lowest BCUT2D eigenvalue weighted by molar-refractivity contribution is 0.0107. The standard InChI is InChI=1S/C12H29N5O3Si/c1-5-12-14-15-16(17(12)13)10-9-11-21(18-6-2,19-7-3)20-8-4/h15H,5-11,13H2,1-4H3. The van der Waals surface area contributed by atoms with E-state index in [1.165, 1.54) is 0 Å². The number of hydrazine groups is 3. The third-order valence-electron chi connectivity index (χ3n) is 3.08. The molecule has 1 heterocycles. The van der Waals surface area contributed by atoms with Crippen LogP contribution in [-0.2, 0) is 13.3 Å². The molecule has 0 atom stereocenters. The summed E-state index contributed by atoms with van der Waals surface area (Å²) in [5.74, 6) is 6.76. The number of hydrogen-bond donors (Lipinski definition) is 2. The van der Waals surface area contributed by atoms with Crippen LogP contribution in [0.15, 0.2) is 5.10 Å². The zero-order valence-corrected chi connectivity index (χ0v) is 14.6. The first-order chi connectivity index (χ1) is 10.1. The third-order valence-corrected chi connectivity index (χ3v) is 6.23. The molecule has 124 valence electrons. The SMILES string of the molecule is CCO[Si](CCCN1NN=C(CC)N1N)(OCC)OCC. The van der Waals surface area contributed by atoms with Gasteiger partial charge in [0, 0.05) is 38.8 Å². The Morgan fingerprint density at radius 1 is 1.10 bits per heavy atom. The summed E-state index contributed by atoms with van der Waals surface area (Å²) >= 11 is 0. The van der Waals surface area contributed by atoms with Gasteiger partial charge in [0.2, 0.25) is 0 Å². The lowest BCUT2D eigenvalue weighted by Crippen LogP contribution is -2.51. The first-order valence-electron chi connectivity index (χ1n) is 7.68. The molecule has 1 rings (SSSR count). The van der Waals surface area contributed by atoms with Gasteiger partial charge in [-0.3, -0.25) is 0 Å². The van der Waals surface area contributed by atoms with Crippen molar-refractivity contribution in [2.24, 2.45) is 10.9 Å². The summed E-state index contributed by atoms with van der Waals surface area (Å²) < 4.78 is 17.5. The van der Waals surface area contributed by atoms with E-state index in [1.54, 1.807) is 10.2 Å². The number of hydrogen-bond acceptors (Lipinski definition) is 8. The number of nitrogens with one attached hydrogen (secondary N) is 1. The molecule has 0 fully saturated rings. The van der Waals surface area contributed by atoms with Crippen LogP contribution >= 0.6 is 0 Å². The second-order valence-corrected chi connectivity index (χ2v) is 7.27. The van der Waals surface area contributed by atoms with E-state index in [2.05, 4.69) is 10.6 Å². The Labute approximate surface area is 128 Å². The van der Waals surface area contributed by atoms with Crippen molar-refractivity contribution in [1.82, 2.24) is 15.8 Å². The fourth-order valence-corrected chi connectivity index (χ4v) is 4.79. The van der Waals surface area contributed by atoms with Crippen LogP contribution < -0.4 is 11.4 Å². The van der Waals surface area contributed by atoms with Gasteiger partial charge in [-0.1, -0.05) is 6.92 Å². The second-order valence-electron chi connectivity index (χ2n) is 4.53. The molecule has 0 amide bonds. The molecule has 0 aromatic heterocycles. The van der Waals surface area contributed by atoms with E-state index in [1.807, 2.05) is 27.7 Å². The van der Waals surface area contributed by atoms with Gasteiger partial charge < -0.3 is 13.3 Å². The Bertz CT molecular complexity index is 315. The van der Waals surface area contributed by atoms with Crippen LogP contribution in [0.1, 0.15) is 40.5 Å². The molecule has 0 unspecified atom stereocenters. The van der Waals surface area contributed by atoms with E-state index in [-0.39, 0.29) is 0 Å². The minimum atomic E-state index is -2.57. The van der Waals surface area contributed by atoms with Crippen molar-refractivity contribution < 1.29 is 13.3 Å². The highest BCUT2D eigenvalue weighted by Crippen LogP contribution is 2.18. The molecule has 0 aromatic carbocycles. The molecule has 9 heteroatoms. The van der Waals surface area contributed by atoms with Crippen LogP contribution in [-0.4, -0.2) is 51.2 Å². The van der Waals surface area contributed by atoms with Crippen LogP contribution in [0, 0.1) is 0 Å². The van der Waals surface area contributed by atoms with Crippen molar-refractivity contribution in [3.8, 4) is 0 Å². The Morgan fingerprint density at radius 3 is 2.10 bits per heavy atom. The van der Waals surface area contributed by atoms with Gasteiger partial charge in [0.25, 0.3) is 0 Å². The number of nitrogens with zero attached hydrogens (tertiary/aromatic N) is 3. The highest BCUT2D eigenvalue weighted by Gasteiger charge is 2.40. The Morgan fingerprint density at radius 2 is 1.67 bits per heavy atom. The van der Waals surface area contributed by atoms with Crippen molar-refractivity contribution in [3.63, 3.8) is 0 Å². The summed E-state index contributed by atoms with van der Waals surface area (Å²) in [6.07, 6.45) is 1.63. The number of amidine groups is 1. The van der Waals surface area contributed by atoms with Crippen molar-refractivity contribution in [3.05, 3.63) is 0 Å². The van der Waals surface area contributed by atoms with Gasteiger partial charge in [-0.05, 0) is 27.2 Å². The minimum Gasteiger partial charge on any atom is -0.374 e. The van der Waals surface area contributed by atoms with Crippen LogP contribution in [0.25, 0.3) is 0 Å². The van der Waals surface area contributed by atoms with Crippen LogP contribution in [0.4, 0.5) is 0 Å². The molecule has 0 radical (unpaired) electrons. The monoisotopic (exact) mass is 319 g/mol. The predicted molar refractivity (Wildman–Crippen MR) is 83.7 cm³/mol. The molecule has 3 N–H and O–H groups in total. The van der Waals surface area contributed by atoms with Crippen molar-refractivity contribution in [1.29, 1.82) is 0 Å². The number of nitrogens with two attached hydrogens (primary N) is 1. The summed E-state index contributed by atoms with van der Waals surface area (Å²) in [6, 6.07) is 0.760. The summed E-state index contributed by atoms with van der Waals surface area (Å²) in [5, 5.41) is 7.48. The Balaban J connectivity index is 2.46. The molecule has 0 aliphatic carbocycles. The van der Waals surface area contributed by atoms with Crippen molar-refractivity contribution in [2.75, 3.05) is 26.4 Å². The largest absolute Gasteiger partial charge is 0.500 e. The van der Waals surface area contributed by atoms with Gasteiger partial charge in [-0.25, -0.2) is 16.5 Å². The quantitative estimate of drug-likeness (QED) is 0.435. The van der Waals surface area contributed by atoms with E-state index in [0.717, 1.165) is 24.7 Å². The van der Waals surface area contributed by atoms with E-state index < -0.39 is 8.80 Å². The zero-order chi connectivity index (χ0) is 15.7. The molecule has 0 aromatic rings. The van der Waals surface area contributed by atoms with Gasteiger partial charge in [-0.15, -0.1) is 10.2 Å². The Kier molecular flexibility index (Phi) is 8.15. The molecule has 1 aliphatic rings. The highest BCUT2D eigenvalue weighted by molar-refractivity contribution is 6.60. The minimum absolute atomic E-state index is 0.598. The summed E-state index contributed by atoms with van der Waals surface area (Å²) in [5.41, 5.74) is 2.90. The van der Waals surface area contributed by atoms with Crippen molar-refractivity contribution >= 4 is 14.6 Å². The number of hydrazone groups is 1.